The molecule has 2 aromatic rings. The molecular formula is C24H30BrN3O6S. The highest BCUT2D eigenvalue weighted by atomic mass is 79.9. The van der Waals surface area contributed by atoms with Crippen LogP contribution < -0.4 is 19.1 Å². The Hall–Kier alpha value is -2.79. The van der Waals surface area contributed by atoms with Crippen LogP contribution in [0.5, 0.6) is 11.5 Å². The molecule has 0 aromatic heterocycles. The zero-order valence-electron chi connectivity index (χ0n) is 20.2. The number of fused-ring (bicyclic) bond motifs is 1. The van der Waals surface area contributed by atoms with E-state index in [1.807, 2.05) is 38.1 Å². The van der Waals surface area contributed by atoms with Crippen LogP contribution >= 0.6 is 15.9 Å². The summed E-state index contributed by atoms with van der Waals surface area (Å²) in [7, 11) is -3.82. The lowest BCUT2D eigenvalue weighted by Crippen LogP contribution is -2.52. The van der Waals surface area contributed by atoms with E-state index in [4.69, 9.17) is 9.47 Å². The second kappa shape index (κ2) is 11.3. The molecular weight excluding hydrogens is 538 g/mol. The molecule has 0 saturated heterocycles. The van der Waals surface area contributed by atoms with Crippen molar-refractivity contribution in [3.05, 3.63) is 52.5 Å². The van der Waals surface area contributed by atoms with Crippen LogP contribution in [0.3, 0.4) is 0 Å². The van der Waals surface area contributed by atoms with Crippen molar-refractivity contribution in [2.24, 2.45) is 0 Å². The minimum atomic E-state index is -3.82. The van der Waals surface area contributed by atoms with Gasteiger partial charge in [-0.3, -0.25) is 13.9 Å². The third kappa shape index (κ3) is 6.66. The largest absolute Gasteiger partial charge is 0.454 e. The smallest absolute Gasteiger partial charge is 0.244 e. The average molecular weight is 568 g/mol. The Morgan fingerprint density at radius 1 is 1.06 bits per heavy atom. The van der Waals surface area contributed by atoms with E-state index in [-0.39, 0.29) is 36.7 Å². The molecule has 2 aromatic carbocycles. The van der Waals surface area contributed by atoms with E-state index in [2.05, 4.69) is 21.2 Å². The Morgan fingerprint density at radius 3 is 2.34 bits per heavy atom. The number of sulfonamides is 1. The van der Waals surface area contributed by atoms with Gasteiger partial charge in [0.15, 0.2) is 11.5 Å². The number of carbonyl (C=O) groups is 2. The van der Waals surface area contributed by atoms with Gasteiger partial charge in [0.1, 0.15) is 12.6 Å². The first kappa shape index (κ1) is 26.8. The summed E-state index contributed by atoms with van der Waals surface area (Å²) in [5.41, 5.74) is 1.09. The van der Waals surface area contributed by atoms with Crippen LogP contribution in [0.1, 0.15) is 33.3 Å². The molecule has 1 unspecified atom stereocenters. The van der Waals surface area contributed by atoms with E-state index in [1.54, 1.807) is 19.1 Å². The number of halogens is 1. The lowest BCUT2D eigenvalue weighted by atomic mass is 10.1. The number of carbonyl (C=O) groups excluding carboxylic acids is 2. The highest BCUT2D eigenvalue weighted by Crippen LogP contribution is 2.36. The van der Waals surface area contributed by atoms with E-state index in [0.29, 0.717) is 11.5 Å². The lowest BCUT2D eigenvalue weighted by molar-refractivity contribution is -0.139. The fourth-order valence-corrected chi connectivity index (χ4v) is 4.85. The number of hydrogen-bond donors (Lipinski definition) is 1. The molecule has 2 amide bonds. The highest BCUT2D eigenvalue weighted by molar-refractivity contribution is 9.10. The summed E-state index contributed by atoms with van der Waals surface area (Å²) in [6.45, 7) is 6.53. The summed E-state index contributed by atoms with van der Waals surface area (Å²) >= 11 is 3.39. The van der Waals surface area contributed by atoms with E-state index in [9.17, 15) is 18.0 Å². The zero-order valence-corrected chi connectivity index (χ0v) is 22.6. The number of ether oxygens (including phenoxy) is 2. The quantitative estimate of drug-likeness (QED) is 0.472. The van der Waals surface area contributed by atoms with Crippen LogP contribution in [0.4, 0.5) is 5.69 Å². The average Bonchev–Trinajstić information content (AvgIpc) is 3.29. The molecule has 1 N–H and O–H groups in total. The predicted octanol–water partition coefficient (Wildman–Crippen LogP) is 3.28. The molecule has 0 radical (unpaired) electrons. The lowest BCUT2D eigenvalue weighted by Gasteiger charge is -2.32. The number of anilines is 1. The van der Waals surface area contributed by atoms with Gasteiger partial charge in [0.05, 0.1) is 11.4 Å². The van der Waals surface area contributed by atoms with Gasteiger partial charge >= 0.3 is 0 Å². The Labute approximate surface area is 214 Å². The van der Waals surface area contributed by atoms with Crippen molar-refractivity contribution in [2.45, 2.75) is 46.3 Å². The number of amides is 2. The van der Waals surface area contributed by atoms with Crippen molar-refractivity contribution in [3.8, 4) is 11.5 Å². The summed E-state index contributed by atoms with van der Waals surface area (Å²) in [6.07, 6.45) is 0. The van der Waals surface area contributed by atoms with Crippen molar-refractivity contribution in [3.63, 3.8) is 0 Å². The number of nitrogens with one attached hydrogen (secondary N) is 1. The van der Waals surface area contributed by atoms with Crippen molar-refractivity contribution in [2.75, 3.05) is 23.4 Å². The monoisotopic (exact) mass is 567 g/mol. The molecule has 0 spiro atoms. The molecule has 1 atom stereocenters. The Morgan fingerprint density at radius 2 is 1.71 bits per heavy atom. The van der Waals surface area contributed by atoms with E-state index < -0.39 is 28.5 Å². The maximum atomic E-state index is 13.6. The van der Waals surface area contributed by atoms with Crippen LogP contribution in [0.25, 0.3) is 0 Å². The minimum Gasteiger partial charge on any atom is -0.454 e. The maximum absolute atomic E-state index is 13.6. The first-order valence-corrected chi connectivity index (χ1v) is 13.7. The first-order chi connectivity index (χ1) is 16.5. The number of rotatable bonds is 10. The van der Waals surface area contributed by atoms with Gasteiger partial charge < -0.3 is 19.7 Å². The Kier molecular flexibility index (Phi) is 8.65. The maximum Gasteiger partial charge on any atom is 0.244 e. The van der Waals surface area contributed by atoms with Crippen molar-refractivity contribution in [1.29, 1.82) is 0 Å². The van der Waals surface area contributed by atoms with Gasteiger partial charge in [-0.1, -0.05) is 28.1 Å². The van der Waals surface area contributed by atoms with Gasteiger partial charge in [-0.15, -0.1) is 0 Å². The fourth-order valence-electron chi connectivity index (χ4n) is 3.53. The third-order valence-electron chi connectivity index (χ3n) is 5.49. The van der Waals surface area contributed by atoms with Gasteiger partial charge in [-0.25, -0.2) is 8.42 Å². The Balaban J connectivity index is 1.93. The van der Waals surface area contributed by atoms with Crippen molar-refractivity contribution >= 4 is 43.5 Å². The normalized spacial score (nSPS) is 13.4. The van der Waals surface area contributed by atoms with Gasteiger partial charge in [0.2, 0.25) is 28.6 Å². The van der Waals surface area contributed by atoms with Crippen LogP contribution in [-0.4, -0.2) is 56.3 Å². The summed E-state index contributed by atoms with van der Waals surface area (Å²) < 4.78 is 38.6. The molecule has 35 heavy (non-hydrogen) atoms. The molecule has 1 aliphatic heterocycles. The van der Waals surface area contributed by atoms with Gasteiger partial charge in [-0.2, -0.15) is 0 Å². The number of hydrogen-bond acceptors (Lipinski definition) is 6. The molecule has 0 fully saturated rings. The Bertz CT molecular complexity index is 1170. The first-order valence-electron chi connectivity index (χ1n) is 11.3. The summed E-state index contributed by atoms with van der Waals surface area (Å²) in [5.74, 6) is -0.120. The SMILES string of the molecule is CCS(=O)(=O)N(CC(=O)N(Cc1ccc(Br)cc1)C(C)C(=O)NC(C)C)c1ccc2c(c1)OCO2. The second-order valence-corrected chi connectivity index (χ2v) is 11.5. The molecule has 0 aliphatic carbocycles. The molecule has 9 nitrogen and oxygen atoms in total. The molecule has 0 saturated carbocycles. The standard InChI is InChI=1S/C24H30BrN3O6S/c1-5-35(31,32)28(20-10-11-21-22(12-20)34-15-33-21)14-23(29)27(17(4)24(30)26-16(2)3)13-18-6-8-19(25)9-7-18/h6-12,16-17H,5,13-15H2,1-4H3,(H,26,30). The summed E-state index contributed by atoms with van der Waals surface area (Å²) in [6, 6.07) is 11.2. The van der Waals surface area contributed by atoms with Crippen LogP contribution in [0.2, 0.25) is 0 Å². The van der Waals surface area contributed by atoms with Crippen LogP contribution in [0, 0.1) is 0 Å². The number of nitrogens with zero attached hydrogens (tertiary/aromatic N) is 2. The molecule has 1 heterocycles. The molecule has 1 aliphatic rings. The van der Waals surface area contributed by atoms with E-state index >= 15 is 0 Å². The third-order valence-corrected chi connectivity index (χ3v) is 7.76. The van der Waals surface area contributed by atoms with Crippen LogP contribution in [0.15, 0.2) is 46.9 Å². The van der Waals surface area contributed by atoms with Crippen LogP contribution in [-0.2, 0) is 26.2 Å². The zero-order chi connectivity index (χ0) is 25.8. The highest BCUT2D eigenvalue weighted by Gasteiger charge is 2.31. The van der Waals surface area contributed by atoms with E-state index in [1.165, 1.54) is 17.9 Å². The second-order valence-electron chi connectivity index (χ2n) is 8.43. The molecule has 190 valence electrons. The summed E-state index contributed by atoms with van der Waals surface area (Å²) in [4.78, 5) is 27.8. The van der Waals surface area contributed by atoms with Gasteiger partial charge in [0, 0.05) is 23.1 Å². The number of benzene rings is 2. The van der Waals surface area contributed by atoms with Gasteiger partial charge in [0.25, 0.3) is 0 Å². The molecule has 3 rings (SSSR count). The summed E-state index contributed by atoms with van der Waals surface area (Å²) in [5, 5.41) is 2.82. The predicted molar refractivity (Wildman–Crippen MR) is 137 cm³/mol. The minimum absolute atomic E-state index is 0.0433. The van der Waals surface area contributed by atoms with E-state index in [0.717, 1.165) is 14.3 Å². The van der Waals surface area contributed by atoms with Crippen molar-refractivity contribution in [1.82, 2.24) is 10.2 Å². The molecule has 11 heteroatoms. The fraction of sp³-hybridized carbons (Fsp3) is 0.417. The molecule has 0 bridgehead atoms. The van der Waals surface area contributed by atoms with Crippen molar-refractivity contribution < 1.29 is 27.5 Å². The topological polar surface area (TPSA) is 105 Å². The van der Waals surface area contributed by atoms with Gasteiger partial charge in [-0.05, 0) is 57.5 Å².